The molecule has 0 bridgehead atoms. The molecule has 2 aromatic heterocycles. The fourth-order valence-electron chi connectivity index (χ4n) is 0.984. The predicted molar refractivity (Wildman–Crippen MR) is 46.6 cm³/mol. The number of hydrogen-bond acceptors (Lipinski definition) is 3. The number of fused-ring (bicyclic) bond motifs is 1. The van der Waals surface area contributed by atoms with E-state index in [0.29, 0.717) is 0 Å². The summed E-state index contributed by atoms with van der Waals surface area (Å²) in [6, 6.07) is 2.17. The number of nitrogens with one attached hydrogen (secondary N) is 1. The van der Waals surface area contributed by atoms with Crippen molar-refractivity contribution in [1.82, 2.24) is 9.97 Å². The number of H-pyrrole nitrogens is 1. The maximum Gasteiger partial charge on any atom is 0.141 e. The van der Waals surface area contributed by atoms with Crippen LogP contribution in [-0.4, -0.2) is 9.97 Å². The Kier molecular flexibility index (Phi) is 1.44. The Morgan fingerprint density at radius 2 is 2.55 bits per heavy atom. The van der Waals surface area contributed by atoms with Gasteiger partial charge < -0.3 is 10.7 Å². The molecule has 3 nitrogen and oxygen atoms in total. The topological polar surface area (TPSA) is 54.7 Å². The second-order valence-corrected chi connectivity index (χ2v) is 3.62. The van der Waals surface area contributed by atoms with Gasteiger partial charge in [0.15, 0.2) is 0 Å². The largest absolute Gasteiger partial charge is 0.344 e. The van der Waals surface area contributed by atoms with Crippen LogP contribution in [-0.2, 0) is 0 Å². The molecular formula is C7H9N3S. The summed E-state index contributed by atoms with van der Waals surface area (Å²) in [5.74, 6) is 0. The molecule has 1 atom stereocenters. The van der Waals surface area contributed by atoms with Gasteiger partial charge in [0, 0.05) is 10.9 Å². The van der Waals surface area contributed by atoms with Crippen LogP contribution in [0.3, 0.4) is 0 Å². The molecule has 4 heteroatoms. The van der Waals surface area contributed by atoms with E-state index >= 15 is 0 Å². The van der Waals surface area contributed by atoms with Crippen molar-refractivity contribution in [2.75, 3.05) is 0 Å². The monoisotopic (exact) mass is 167 g/mol. The molecule has 0 saturated heterocycles. The third kappa shape index (κ3) is 1.04. The highest BCUT2D eigenvalue weighted by atomic mass is 32.1. The number of thiophene rings is 1. The van der Waals surface area contributed by atoms with Gasteiger partial charge in [0.2, 0.25) is 0 Å². The van der Waals surface area contributed by atoms with E-state index in [-0.39, 0.29) is 6.04 Å². The first-order chi connectivity index (χ1) is 5.27. The fourth-order valence-corrected chi connectivity index (χ4v) is 1.90. The zero-order chi connectivity index (χ0) is 7.84. The molecule has 0 saturated carbocycles. The highest BCUT2D eigenvalue weighted by Crippen LogP contribution is 2.25. The van der Waals surface area contributed by atoms with Gasteiger partial charge in [0.1, 0.15) is 4.83 Å². The van der Waals surface area contributed by atoms with Gasteiger partial charge in [-0.1, -0.05) is 0 Å². The van der Waals surface area contributed by atoms with Gasteiger partial charge in [-0.2, -0.15) is 0 Å². The number of nitrogens with two attached hydrogens (primary N) is 1. The molecule has 58 valence electrons. The minimum atomic E-state index is 0.114. The first-order valence-electron chi connectivity index (χ1n) is 3.46. The van der Waals surface area contributed by atoms with E-state index < -0.39 is 0 Å². The number of nitrogens with zero attached hydrogens (tertiary/aromatic N) is 1. The van der Waals surface area contributed by atoms with Gasteiger partial charge in [-0.05, 0) is 13.0 Å². The van der Waals surface area contributed by atoms with Crippen LogP contribution in [0.1, 0.15) is 17.8 Å². The summed E-state index contributed by atoms with van der Waals surface area (Å²) < 4.78 is 0. The van der Waals surface area contributed by atoms with Crippen LogP contribution in [0.5, 0.6) is 0 Å². The van der Waals surface area contributed by atoms with Crippen molar-refractivity contribution in [2.45, 2.75) is 13.0 Å². The summed E-state index contributed by atoms with van der Waals surface area (Å²) >= 11 is 1.64. The Labute approximate surface area is 68.3 Å². The maximum atomic E-state index is 5.71. The molecule has 3 N–H and O–H groups in total. The third-order valence-electron chi connectivity index (χ3n) is 1.58. The molecule has 2 rings (SSSR count). The first-order valence-corrected chi connectivity index (χ1v) is 4.27. The molecule has 0 aliphatic heterocycles. The summed E-state index contributed by atoms with van der Waals surface area (Å²) in [6.45, 7) is 1.98. The lowest BCUT2D eigenvalue weighted by atomic mass is 10.3. The molecule has 0 spiro atoms. The molecule has 0 amide bonds. The van der Waals surface area contributed by atoms with Crippen molar-refractivity contribution in [2.24, 2.45) is 5.73 Å². The van der Waals surface area contributed by atoms with Crippen molar-refractivity contribution in [1.29, 1.82) is 0 Å². The minimum absolute atomic E-state index is 0.114. The lowest BCUT2D eigenvalue weighted by Gasteiger charge is -1.96. The van der Waals surface area contributed by atoms with E-state index in [9.17, 15) is 0 Å². The Morgan fingerprint density at radius 1 is 1.73 bits per heavy atom. The van der Waals surface area contributed by atoms with Crippen LogP contribution in [0.15, 0.2) is 12.4 Å². The van der Waals surface area contributed by atoms with Gasteiger partial charge in [0.05, 0.1) is 11.8 Å². The lowest BCUT2D eigenvalue weighted by molar-refractivity contribution is 0.839. The van der Waals surface area contributed by atoms with Crippen molar-refractivity contribution < 1.29 is 0 Å². The number of aromatic nitrogens is 2. The molecule has 0 aliphatic carbocycles. The maximum absolute atomic E-state index is 5.71. The highest BCUT2D eigenvalue weighted by molar-refractivity contribution is 7.18. The molecule has 2 aromatic rings. The van der Waals surface area contributed by atoms with E-state index in [2.05, 4.69) is 16.0 Å². The Morgan fingerprint density at radius 3 is 3.18 bits per heavy atom. The summed E-state index contributed by atoms with van der Waals surface area (Å²) in [4.78, 5) is 9.39. The highest BCUT2D eigenvalue weighted by Gasteiger charge is 2.05. The third-order valence-corrected chi connectivity index (χ3v) is 2.83. The van der Waals surface area contributed by atoms with Gasteiger partial charge in [-0.15, -0.1) is 11.3 Å². The molecule has 0 radical (unpaired) electrons. The van der Waals surface area contributed by atoms with E-state index in [0.717, 1.165) is 10.3 Å². The number of hydrogen-bond donors (Lipinski definition) is 2. The summed E-state index contributed by atoms with van der Waals surface area (Å²) in [5.41, 5.74) is 6.79. The normalized spacial score (nSPS) is 14.0. The summed E-state index contributed by atoms with van der Waals surface area (Å²) in [5, 5.41) is 0. The SMILES string of the molecule is CC(N)c1cc2[nH]cnc2s1. The Bertz CT molecular complexity index is 332. The summed E-state index contributed by atoms with van der Waals surface area (Å²) in [6.07, 6.45) is 1.70. The van der Waals surface area contributed by atoms with Crippen LogP contribution in [0.25, 0.3) is 10.3 Å². The number of rotatable bonds is 1. The summed E-state index contributed by atoms with van der Waals surface area (Å²) in [7, 11) is 0. The van der Waals surface area contributed by atoms with Gasteiger partial charge in [0.25, 0.3) is 0 Å². The average molecular weight is 167 g/mol. The van der Waals surface area contributed by atoms with E-state index in [1.54, 1.807) is 17.7 Å². The van der Waals surface area contributed by atoms with E-state index in [4.69, 9.17) is 5.73 Å². The van der Waals surface area contributed by atoms with Crippen LogP contribution in [0, 0.1) is 0 Å². The Balaban J connectivity index is 2.58. The second-order valence-electron chi connectivity index (χ2n) is 2.56. The number of imidazole rings is 1. The zero-order valence-electron chi connectivity index (χ0n) is 6.16. The smallest absolute Gasteiger partial charge is 0.141 e. The molecule has 1 unspecified atom stereocenters. The molecule has 0 fully saturated rings. The standard InChI is InChI=1S/C7H9N3S/c1-4(8)6-2-5-7(11-6)10-3-9-5/h2-4H,8H2,1H3,(H,9,10). The van der Waals surface area contributed by atoms with E-state index in [1.807, 2.05) is 6.92 Å². The number of aromatic amines is 1. The van der Waals surface area contributed by atoms with Crippen LogP contribution in [0.4, 0.5) is 0 Å². The minimum Gasteiger partial charge on any atom is -0.344 e. The van der Waals surface area contributed by atoms with Gasteiger partial charge in [-0.25, -0.2) is 4.98 Å². The van der Waals surface area contributed by atoms with Crippen molar-refractivity contribution in [3.8, 4) is 0 Å². The van der Waals surface area contributed by atoms with Crippen molar-refractivity contribution in [3.05, 3.63) is 17.3 Å². The van der Waals surface area contributed by atoms with Crippen LogP contribution < -0.4 is 5.73 Å². The van der Waals surface area contributed by atoms with Crippen LogP contribution in [0.2, 0.25) is 0 Å². The molecule has 11 heavy (non-hydrogen) atoms. The quantitative estimate of drug-likeness (QED) is 0.678. The van der Waals surface area contributed by atoms with E-state index in [1.165, 1.54) is 4.88 Å². The Hall–Kier alpha value is -0.870. The van der Waals surface area contributed by atoms with Crippen molar-refractivity contribution >= 4 is 21.7 Å². The van der Waals surface area contributed by atoms with Crippen LogP contribution >= 0.6 is 11.3 Å². The van der Waals surface area contributed by atoms with Gasteiger partial charge in [-0.3, -0.25) is 0 Å². The average Bonchev–Trinajstić information content (AvgIpc) is 2.40. The lowest BCUT2D eigenvalue weighted by Crippen LogP contribution is -2.01. The molecule has 0 aliphatic rings. The first kappa shape index (κ1) is 6.82. The second kappa shape index (κ2) is 2.32. The molecular weight excluding hydrogens is 158 g/mol. The van der Waals surface area contributed by atoms with Crippen molar-refractivity contribution in [3.63, 3.8) is 0 Å². The predicted octanol–water partition coefficient (Wildman–Crippen LogP) is 1.64. The fraction of sp³-hybridized carbons (Fsp3) is 0.286. The van der Waals surface area contributed by atoms with Gasteiger partial charge >= 0.3 is 0 Å². The molecule has 0 aromatic carbocycles. The molecule has 2 heterocycles. The zero-order valence-corrected chi connectivity index (χ0v) is 6.98.